The number of halogens is 10. The van der Waals surface area contributed by atoms with Crippen molar-refractivity contribution in [1.29, 1.82) is 0 Å². The first-order valence-corrected chi connectivity index (χ1v) is 15.3. The molecule has 0 N–H and O–H groups in total. The molecule has 1 aliphatic rings. The van der Waals surface area contributed by atoms with Gasteiger partial charge in [0.1, 0.15) is 20.1 Å². The summed E-state index contributed by atoms with van der Waals surface area (Å²) in [5.41, 5.74) is 0. The maximum absolute atomic E-state index is 12.7. The second kappa shape index (κ2) is 12.4. The Labute approximate surface area is 261 Å². The van der Waals surface area contributed by atoms with Crippen molar-refractivity contribution in [3.05, 3.63) is 50.2 Å². The summed E-state index contributed by atoms with van der Waals surface area (Å²) in [5.74, 6) is -4.89. The minimum Gasteiger partial charge on any atom is -0.423 e. The van der Waals surface area contributed by atoms with E-state index in [1.807, 2.05) is 0 Å². The molecular formula is C20H10Cl10O6S. The Kier molecular flexibility index (Phi) is 10.6. The molecule has 0 saturated carbocycles. The first-order chi connectivity index (χ1) is 17.1. The van der Waals surface area contributed by atoms with E-state index in [4.69, 9.17) is 125 Å². The number of carbonyl (C=O) groups is 2. The number of benzene rings is 2. The highest BCUT2D eigenvalue weighted by atomic mass is 35.5. The Morgan fingerprint density at radius 2 is 0.784 bits per heavy atom. The van der Waals surface area contributed by atoms with Crippen LogP contribution in [0.5, 0.6) is 11.5 Å². The van der Waals surface area contributed by atoms with Gasteiger partial charge in [-0.15, -0.1) is 0 Å². The molecule has 0 spiro atoms. The molecule has 2 aromatic rings. The highest BCUT2D eigenvalue weighted by molar-refractivity contribution is 7.91. The highest BCUT2D eigenvalue weighted by Crippen LogP contribution is 2.49. The van der Waals surface area contributed by atoms with Crippen molar-refractivity contribution in [1.82, 2.24) is 0 Å². The Morgan fingerprint density at radius 3 is 1.05 bits per heavy atom. The number of hydrogen-bond donors (Lipinski definition) is 0. The molecular weight excluding hydrogens is 723 g/mol. The van der Waals surface area contributed by atoms with Gasteiger partial charge in [0, 0.05) is 0 Å². The van der Waals surface area contributed by atoms with Gasteiger partial charge in [0.15, 0.2) is 21.3 Å². The van der Waals surface area contributed by atoms with Crippen LogP contribution in [0, 0.1) is 11.8 Å². The van der Waals surface area contributed by atoms with Gasteiger partial charge in [-0.1, -0.05) is 116 Å². The number of sulfone groups is 1. The molecule has 0 aromatic heterocycles. The molecule has 1 fully saturated rings. The van der Waals surface area contributed by atoms with Crippen LogP contribution in [0.4, 0.5) is 0 Å². The summed E-state index contributed by atoms with van der Waals surface area (Å²) in [7, 11) is -3.59. The Hall–Kier alpha value is 0.230. The first-order valence-electron chi connectivity index (χ1n) is 9.70. The number of esters is 2. The molecule has 0 radical (unpaired) electrons. The van der Waals surface area contributed by atoms with Crippen molar-refractivity contribution >= 4 is 138 Å². The van der Waals surface area contributed by atoms with Gasteiger partial charge in [-0.2, -0.15) is 0 Å². The standard InChI is InChI=1S/C20H10Cl10O6S/c21-9-11(23)15(27)19(16(28)12(9)24)35-7(31)1-5-3-37(33,34)4-6(5)2-8(32)36-20-17(29)13(25)10(22)14(26)18(20)30/h5-6H,1-4H2/t5-,6+. The third kappa shape index (κ3) is 6.94. The van der Waals surface area contributed by atoms with E-state index in [-0.39, 0.29) is 73.2 Å². The number of ether oxygens (including phenoxy) is 2. The Morgan fingerprint density at radius 1 is 0.541 bits per heavy atom. The van der Waals surface area contributed by atoms with Crippen molar-refractivity contribution in [3.8, 4) is 11.5 Å². The predicted molar refractivity (Wildman–Crippen MR) is 149 cm³/mol. The average molecular weight is 733 g/mol. The lowest BCUT2D eigenvalue weighted by Gasteiger charge is -2.18. The van der Waals surface area contributed by atoms with Gasteiger partial charge in [-0.3, -0.25) is 9.59 Å². The van der Waals surface area contributed by atoms with Crippen LogP contribution in [0.1, 0.15) is 12.8 Å². The molecule has 17 heteroatoms. The second-order valence-corrected chi connectivity index (χ2v) is 13.7. The summed E-state index contributed by atoms with van der Waals surface area (Å²) >= 11 is 60.0. The summed E-state index contributed by atoms with van der Waals surface area (Å²) in [5, 5.41) is -2.08. The van der Waals surface area contributed by atoms with E-state index in [0.717, 1.165) is 0 Å². The van der Waals surface area contributed by atoms with Crippen molar-refractivity contribution in [2.75, 3.05) is 11.5 Å². The van der Waals surface area contributed by atoms with E-state index in [9.17, 15) is 18.0 Å². The SMILES string of the molecule is O=C(C[C@@H]1CS(=O)(=O)C[C@@H]1CC(=O)Oc1c(Cl)c(Cl)c(Cl)c(Cl)c1Cl)Oc1c(Cl)c(Cl)c(Cl)c(Cl)c1Cl. The Bertz CT molecular complexity index is 1250. The first kappa shape index (κ1) is 31.8. The molecule has 0 bridgehead atoms. The molecule has 0 amide bonds. The molecule has 202 valence electrons. The highest BCUT2D eigenvalue weighted by Gasteiger charge is 2.41. The summed E-state index contributed by atoms with van der Waals surface area (Å²) in [6.45, 7) is 0. The Balaban J connectivity index is 1.77. The lowest BCUT2D eigenvalue weighted by atomic mass is 9.90. The second-order valence-electron chi connectivity index (χ2n) is 7.75. The molecule has 1 aliphatic heterocycles. The molecule has 1 saturated heterocycles. The summed E-state index contributed by atoms with van der Waals surface area (Å²) in [6.07, 6.45) is -0.830. The molecule has 2 aromatic carbocycles. The predicted octanol–water partition coefficient (Wildman–Crippen LogP) is 9.17. The lowest BCUT2D eigenvalue weighted by Crippen LogP contribution is -2.24. The van der Waals surface area contributed by atoms with Gasteiger partial charge >= 0.3 is 11.9 Å². The monoisotopic (exact) mass is 728 g/mol. The lowest BCUT2D eigenvalue weighted by molar-refractivity contribution is -0.138. The van der Waals surface area contributed by atoms with E-state index in [0.29, 0.717) is 0 Å². The van der Waals surface area contributed by atoms with Gasteiger partial charge < -0.3 is 9.47 Å². The molecule has 37 heavy (non-hydrogen) atoms. The fraction of sp³-hybridized carbons (Fsp3) is 0.300. The van der Waals surface area contributed by atoms with E-state index in [2.05, 4.69) is 0 Å². The van der Waals surface area contributed by atoms with Crippen LogP contribution in [0.15, 0.2) is 0 Å². The van der Waals surface area contributed by atoms with Gasteiger partial charge in [-0.05, 0) is 11.8 Å². The molecule has 3 rings (SSSR count). The van der Waals surface area contributed by atoms with Gasteiger partial charge in [0.2, 0.25) is 0 Å². The van der Waals surface area contributed by atoms with E-state index >= 15 is 0 Å². The van der Waals surface area contributed by atoms with E-state index < -0.39 is 46.5 Å². The molecule has 2 atom stereocenters. The van der Waals surface area contributed by atoms with Crippen LogP contribution in [0.3, 0.4) is 0 Å². The van der Waals surface area contributed by atoms with Crippen LogP contribution < -0.4 is 9.47 Å². The fourth-order valence-corrected chi connectivity index (χ4v) is 8.15. The maximum atomic E-state index is 12.7. The third-order valence-corrected chi connectivity index (χ3v) is 11.6. The fourth-order valence-electron chi connectivity index (χ4n) is 3.53. The quantitative estimate of drug-likeness (QED) is 0.128. The van der Waals surface area contributed by atoms with Crippen LogP contribution in [0.2, 0.25) is 50.2 Å². The van der Waals surface area contributed by atoms with Crippen molar-refractivity contribution in [2.24, 2.45) is 11.8 Å². The van der Waals surface area contributed by atoms with Crippen LogP contribution in [-0.4, -0.2) is 31.9 Å². The van der Waals surface area contributed by atoms with Gasteiger partial charge in [0.25, 0.3) is 0 Å². The van der Waals surface area contributed by atoms with Crippen LogP contribution in [-0.2, 0) is 19.4 Å². The van der Waals surface area contributed by atoms with Crippen LogP contribution in [0.25, 0.3) is 0 Å². The zero-order valence-electron chi connectivity index (χ0n) is 17.6. The van der Waals surface area contributed by atoms with Crippen molar-refractivity contribution < 1.29 is 27.5 Å². The minimum absolute atomic E-state index is 0.137. The zero-order valence-corrected chi connectivity index (χ0v) is 26.0. The zero-order chi connectivity index (χ0) is 28.0. The maximum Gasteiger partial charge on any atom is 0.311 e. The summed E-state index contributed by atoms with van der Waals surface area (Å²) in [4.78, 5) is 25.3. The largest absolute Gasteiger partial charge is 0.423 e. The molecule has 1 heterocycles. The van der Waals surface area contributed by atoms with E-state index in [1.165, 1.54) is 0 Å². The molecule has 0 aliphatic carbocycles. The van der Waals surface area contributed by atoms with Crippen LogP contribution >= 0.6 is 116 Å². The minimum atomic E-state index is -3.59. The van der Waals surface area contributed by atoms with Crippen molar-refractivity contribution in [3.63, 3.8) is 0 Å². The average Bonchev–Trinajstić information content (AvgIpc) is 3.11. The topological polar surface area (TPSA) is 86.7 Å². The number of hydrogen-bond acceptors (Lipinski definition) is 6. The van der Waals surface area contributed by atoms with Gasteiger partial charge in [-0.25, -0.2) is 8.42 Å². The number of carbonyl (C=O) groups excluding carboxylic acids is 2. The van der Waals surface area contributed by atoms with E-state index in [1.54, 1.807) is 0 Å². The summed E-state index contributed by atoms with van der Waals surface area (Å²) < 4.78 is 35.1. The van der Waals surface area contributed by atoms with Gasteiger partial charge in [0.05, 0.1) is 54.5 Å². The molecule has 0 unspecified atom stereocenters. The molecule has 6 nitrogen and oxygen atoms in total. The smallest absolute Gasteiger partial charge is 0.311 e. The summed E-state index contributed by atoms with van der Waals surface area (Å²) in [6, 6.07) is 0. The third-order valence-electron chi connectivity index (χ3n) is 5.23. The van der Waals surface area contributed by atoms with Crippen molar-refractivity contribution in [2.45, 2.75) is 12.8 Å². The number of rotatable bonds is 6. The normalized spacial score (nSPS) is 18.6.